The Morgan fingerprint density at radius 2 is 1.85 bits per heavy atom. The molecule has 154 valence electrons. The summed E-state index contributed by atoms with van der Waals surface area (Å²) in [6.45, 7) is 7.74. The summed E-state index contributed by atoms with van der Waals surface area (Å²) in [7, 11) is 1.48. The van der Waals surface area contributed by atoms with E-state index in [-0.39, 0.29) is 23.4 Å². The minimum atomic E-state index is -1.03. The number of carbonyl (C=O) groups is 3. The number of ether oxygens (including phenoxy) is 1. The number of piperidine rings is 1. The van der Waals surface area contributed by atoms with E-state index in [4.69, 9.17) is 9.84 Å². The Labute approximate surface area is 161 Å². The Morgan fingerprint density at radius 1 is 1.19 bits per heavy atom. The highest BCUT2D eigenvalue weighted by Gasteiger charge is 2.31. The van der Waals surface area contributed by atoms with Gasteiger partial charge in [-0.2, -0.15) is 0 Å². The normalized spacial score (nSPS) is 21.3. The SMILES string of the molecule is COC(C)C(NC(=O)C1CCCCN1)C(=O)NC(/C=C(\C)C(=O)O)C(C)C. The summed E-state index contributed by atoms with van der Waals surface area (Å²) in [5.41, 5.74) is 0.154. The summed E-state index contributed by atoms with van der Waals surface area (Å²) in [5, 5.41) is 17.9. The largest absolute Gasteiger partial charge is 0.478 e. The van der Waals surface area contributed by atoms with Gasteiger partial charge >= 0.3 is 5.97 Å². The first-order valence-corrected chi connectivity index (χ1v) is 9.46. The molecule has 27 heavy (non-hydrogen) atoms. The molecule has 1 aliphatic rings. The summed E-state index contributed by atoms with van der Waals surface area (Å²) in [4.78, 5) is 36.4. The van der Waals surface area contributed by atoms with Gasteiger partial charge in [0.15, 0.2) is 0 Å². The zero-order valence-corrected chi connectivity index (χ0v) is 16.9. The van der Waals surface area contributed by atoms with E-state index < -0.39 is 30.1 Å². The number of nitrogens with one attached hydrogen (secondary N) is 3. The molecule has 4 atom stereocenters. The molecule has 1 fully saturated rings. The van der Waals surface area contributed by atoms with Crippen molar-refractivity contribution in [3.8, 4) is 0 Å². The Morgan fingerprint density at radius 3 is 2.33 bits per heavy atom. The number of amides is 2. The highest BCUT2D eigenvalue weighted by molar-refractivity contribution is 5.91. The lowest BCUT2D eigenvalue weighted by Crippen LogP contribution is -2.58. The fourth-order valence-electron chi connectivity index (χ4n) is 2.86. The van der Waals surface area contributed by atoms with E-state index in [1.54, 1.807) is 6.92 Å². The number of hydrogen-bond donors (Lipinski definition) is 4. The maximum atomic E-state index is 12.8. The summed E-state index contributed by atoms with van der Waals surface area (Å²) in [6.07, 6.45) is 3.72. The van der Waals surface area contributed by atoms with Gasteiger partial charge in [-0.15, -0.1) is 0 Å². The minimum Gasteiger partial charge on any atom is -0.478 e. The summed E-state index contributed by atoms with van der Waals surface area (Å²) >= 11 is 0. The summed E-state index contributed by atoms with van der Waals surface area (Å²) in [6, 6.07) is -1.65. The molecule has 4 N–H and O–H groups in total. The molecule has 0 saturated carbocycles. The molecule has 0 spiro atoms. The molecular weight excluding hydrogens is 350 g/mol. The Kier molecular flexibility index (Phi) is 9.45. The molecule has 0 radical (unpaired) electrons. The Hall–Kier alpha value is -1.93. The van der Waals surface area contributed by atoms with E-state index in [2.05, 4.69) is 16.0 Å². The molecule has 0 aromatic rings. The molecule has 2 amide bonds. The van der Waals surface area contributed by atoms with Crippen molar-refractivity contribution in [2.24, 2.45) is 5.92 Å². The Bertz CT molecular complexity index is 556. The minimum absolute atomic E-state index is 0.0162. The first-order valence-electron chi connectivity index (χ1n) is 9.46. The smallest absolute Gasteiger partial charge is 0.331 e. The molecule has 1 saturated heterocycles. The van der Waals surface area contributed by atoms with Crippen molar-refractivity contribution in [1.82, 2.24) is 16.0 Å². The standard InChI is InChI=1S/C19H33N3O5/c1-11(2)15(10-12(3)19(25)26)21-18(24)16(13(4)27-5)22-17(23)14-8-6-7-9-20-14/h10-11,13-16,20H,6-9H2,1-5H3,(H,21,24)(H,22,23)(H,25,26)/b12-10+. The third-order valence-electron chi connectivity index (χ3n) is 4.84. The number of rotatable bonds is 9. The third kappa shape index (κ3) is 7.30. The van der Waals surface area contributed by atoms with Crippen LogP contribution in [0.1, 0.15) is 47.0 Å². The average molecular weight is 383 g/mol. The highest BCUT2D eigenvalue weighted by atomic mass is 16.5. The van der Waals surface area contributed by atoms with Gasteiger partial charge in [-0.3, -0.25) is 9.59 Å². The quantitative estimate of drug-likeness (QED) is 0.438. The van der Waals surface area contributed by atoms with Gasteiger partial charge in [0.25, 0.3) is 0 Å². The third-order valence-corrected chi connectivity index (χ3v) is 4.84. The van der Waals surface area contributed by atoms with Gasteiger partial charge in [0.1, 0.15) is 6.04 Å². The lowest BCUT2D eigenvalue weighted by molar-refractivity contribution is -0.134. The molecule has 0 aromatic heterocycles. The molecule has 1 rings (SSSR count). The van der Waals surface area contributed by atoms with E-state index in [0.29, 0.717) is 0 Å². The zero-order chi connectivity index (χ0) is 20.6. The zero-order valence-electron chi connectivity index (χ0n) is 16.9. The maximum absolute atomic E-state index is 12.8. The van der Waals surface area contributed by atoms with Crippen LogP contribution in [-0.2, 0) is 19.1 Å². The van der Waals surface area contributed by atoms with Crippen molar-refractivity contribution in [3.05, 3.63) is 11.6 Å². The van der Waals surface area contributed by atoms with Crippen LogP contribution < -0.4 is 16.0 Å². The highest BCUT2D eigenvalue weighted by Crippen LogP contribution is 2.10. The van der Waals surface area contributed by atoms with Crippen molar-refractivity contribution in [2.75, 3.05) is 13.7 Å². The van der Waals surface area contributed by atoms with E-state index in [1.165, 1.54) is 20.1 Å². The van der Waals surface area contributed by atoms with Crippen molar-refractivity contribution in [1.29, 1.82) is 0 Å². The van der Waals surface area contributed by atoms with Gasteiger partial charge in [-0.05, 0) is 39.2 Å². The average Bonchev–Trinajstić information content (AvgIpc) is 2.64. The predicted molar refractivity (Wildman–Crippen MR) is 102 cm³/mol. The van der Waals surface area contributed by atoms with Crippen LogP contribution in [0.3, 0.4) is 0 Å². The molecule has 0 aliphatic carbocycles. The van der Waals surface area contributed by atoms with Crippen molar-refractivity contribution in [2.45, 2.75) is 71.2 Å². The van der Waals surface area contributed by atoms with Gasteiger partial charge in [-0.25, -0.2) is 4.79 Å². The van der Waals surface area contributed by atoms with Gasteiger partial charge < -0.3 is 25.8 Å². The van der Waals surface area contributed by atoms with Crippen LogP contribution in [0.2, 0.25) is 0 Å². The van der Waals surface area contributed by atoms with Crippen LogP contribution in [0, 0.1) is 5.92 Å². The number of carboxylic acids is 1. The van der Waals surface area contributed by atoms with Crippen LogP contribution >= 0.6 is 0 Å². The second kappa shape index (κ2) is 11.0. The van der Waals surface area contributed by atoms with Crippen LogP contribution in [0.4, 0.5) is 0 Å². The van der Waals surface area contributed by atoms with Gasteiger partial charge in [-0.1, -0.05) is 26.3 Å². The van der Waals surface area contributed by atoms with Crippen LogP contribution in [0.25, 0.3) is 0 Å². The fourth-order valence-corrected chi connectivity index (χ4v) is 2.86. The first kappa shape index (κ1) is 23.1. The summed E-state index contributed by atoms with van der Waals surface area (Å²) < 4.78 is 5.28. The monoisotopic (exact) mass is 383 g/mol. The maximum Gasteiger partial charge on any atom is 0.331 e. The van der Waals surface area contributed by atoms with E-state index >= 15 is 0 Å². The van der Waals surface area contributed by atoms with Crippen molar-refractivity contribution < 1.29 is 24.2 Å². The van der Waals surface area contributed by atoms with Crippen molar-refractivity contribution in [3.63, 3.8) is 0 Å². The molecule has 1 heterocycles. The molecule has 1 aliphatic heterocycles. The van der Waals surface area contributed by atoms with Crippen LogP contribution in [-0.4, -0.2) is 60.8 Å². The molecular formula is C19H33N3O5. The lowest BCUT2D eigenvalue weighted by atomic mass is 10.00. The second-order valence-electron chi connectivity index (χ2n) is 7.36. The van der Waals surface area contributed by atoms with E-state index in [0.717, 1.165) is 25.8 Å². The van der Waals surface area contributed by atoms with Gasteiger partial charge in [0.05, 0.1) is 18.2 Å². The fraction of sp³-hybridized carbons (Fsp3) is 0.737. The van der Waals surface area contributed by atoms with Gasteiger partial charge in [0, 0.05) is 12.7 Å². The molecule has 0 aromatic carbocycles. The molecule has 8 heteroatoms. The first-order chi connectivity index (χ1) is 12.7. The number of carboxylic acid groups (broad SMARTS) is 1. The number of hydrogen-bond acceptors (Lipinski definition) is 5. The molecule has 0 bridgehead atoms. The summed E-state index contributed by atoms with van der Waals surface area (Å²) in [5.74, 6) is -1.68. The van der Waals surface area contributed by atoms with E-state index in [9.17, 15) is 14.4 Å². The van der Waals surface area contributed by atoms with E-state index in [1.807, 2.05) is 13.8 Å². The predicted octanol–water partition coefficient (Wildman–Crippen LogP) is 0.820. The van der Waals surface area contributed by atoms with Gasteiger partial charge in [0.2, 0.25) is 11.8 Å². The topological polar surface area (TPSA) is 117 Å². The number of methoxy groups -OCH3 is 1. The lowest BCUT2D eigenvalue weighted by Gasteiger charge is -2.29. The molecule has 8 nitrogen and oxygen atoms in total. The van der Waals surface area contributed by atoms with Crippen LogP contribution in [0.5, 0.6) is 0 Å². The van der Waals surface area contributed by atoms with Crippen molar-refractivity contribution >= 4 is 17.8 Å². The molecule has 4 unspecified atom stereocenters. The Balaban J connectivity index is 2.87. The van der Waals surface area contributed by atoms with Crippen LogP contribution in [0.15, 0.2) is 11.6 Å². The number of aliphatic carboxylic acids is 1. The second-order valence-corrected chi connectivity index (χ2v) is 7.36. The number of carbonyl (C=O) groups excluding carboxylic acids is 2.